The van der Waals surface area contributed by atoms with Gasteiger partial charge in [-0.25, -0.2) is 14.4 Å². The molecular weight excluding hydrogens is 372 g/mol. The molecule has 4 atom stereocenters. The molecule has 2 aliphatic heterocycles. The molecule has 0 bridgehead atoms. The maximum absolute atomic E-state index is 12.2. The minimum Gasteiger partial charge on any atom is -0.433 e. The largest absolute Gasteiger partial charge is 0.508 e. The van der Waals surface area contributed by atoms with E-state index in [9.17, 15) is 14.4 Å². The fourth-order valence-electron chi connectivity index (χ4n) is 3.79. The van der Waals surface area contributed by atoms with E-state index in [0.717, 1.165) is 0 Å². The number of carbonyl (C=O) groups is 3. The van der Waals surface area contributed by atoms with Gasteiger partial charge in [0.2, 0.25) is 0 Å². The SMILES string of the molecule is CC(C)C1OC(=O)OCC1(C)COC(=O)OCC1(C)COC(=O)OC1C(C)C. The molecule has 0 aromatic carbocycles. The smallest absolute Gasteiger partial charge is 0.433 e. The van der Waals surface area contributed by atoms with Crippen molar-refractivity contribution in [3.8, 4) is 0 Å². The molecule has 0 aromatic rings. The lowest BCUT2D eigenvalue weighted by Gasteiger charge is -2.41. The second kappa shape index (κ2) is 8.45. The second-order valence-corrected chi connectivity index (χ2v) is 8.78. The van der Waals surface area contributed by atoms with E-state index in [4.69, 9.17) is 28.4 Å². The van der Waals surface area contributed by atoms with Crippen LogP contribution in [0, 0.1) is 22.7 Å². The Hall–Kier alpha value is -2.19. The summed E-state index contributed by atoms with van der Waals surface area (Å²) in [5.41, 5.74) is -1.37. The van der Waals surface area contributed by atoms with E-state index in [2.05, 4.69) is 0 Å². The van der Waals surface area contributed by atoms with Gasteiger partial charge in [0.25, 0.3) is 0 Å². The van der Waals surface area contributed by atoms with Gasteiger partial charge < -0.3 is 28.4 Å². The third kappa shape index (κ3) is 4.99. The van der Waals surface area contributed by atoms with E-state index in [-0.39, 0.29) is 38.3 Å². The molecule has 0 saturated carbocycles. The predicted octanol–water partition coefficient (Wildman–Crippen LogP) is 3.54. The first-order chi connectivity index (χ1) is 13.0. The van der Waals surface area contributed by atoms with Gasteiger partial charge in [0.05, 0.1) is 10.8 Å². The van der Waals surface area contributed by atoms with Crippen LogP contribution in [-0.2, 0) is 28.4 Å². The van der Waals surface area contributed by atoms with Crippen LogP contribution in [0.15, 0.2) is 0 Å². The van der Waals surface area contributed by atoms with Crippen LogP contribution in [-0.4, -0.2) is 57.1 Å². The summed E-state index contributed by atoms with van der Waals surface area (Å²) >= 11 is 0. The van der Waals surface area contributed by atoms with Crippen LogP contribution in [0.5, 0.6) is 0 Å². The zero-order valence-electron chi connectivity index (χ0n) is 17.3. The van der Waals surface area contributed by atoms with E-state index < -0.39 is 41.5 Å². The third-order valence-corrected chi connectivity index (χ3v) is 5.11. The van der Waals surface area contributed by atoms with Gasteiger partial charge >= 0.3 is 18.5 Å². The average Bonchev–Trinajstić information content (AvgIpc) is 2.62. The minimum absolute atomic E-state index is 0.0252. The van der Waals surface area contributed by atoms with Crippen molar-refractivity contribution in [2.45, 2.75) is 53.8 Å². The first kappa shape index (κ1) is 22.1. The summed E-state index contributed by atoms with van der Waals surface area (Å²) < 4.78 is 31.0. The molecule has 0 radical (unpaired) electrons. The average molecular weight is 402 g/mol. The first-order valence-electron chi connectivity index (χ1n) is 9.43. The molecule has 2 rings (SSSR count). The Kier molecular flexibility index (Phi) is 6.67. The Bertz CT molecular complexity index is 552. The highest BCUT2D eigenvalue weighted by molar-refractivity contribution is 5.62. The van der Waals surface area contributed by atoms with Crippen molar-refractivity contribution < 1.29 is 42.8 Å². The van der Waals surface area contributed by atoms with Crippen molar-refractivity contribution in [2.75, 3.05) is 26.4 Å². The molecule has 2 heterocycles. The van der Waals surface area contributed by atoms with Gasteiger partial charge in [0.1, 0.15) is 38.6 Å². The summed E-state index contributed by atoms with van der Waals surface area (Å²) in [5.74, 6) is 0.0505. The van der Waals surface area contributed by atoms with E-state index >= 15 is 0 Å². The van der Waals surface area contributed by atoms with E-state index in [0.29, 0.717) is 0 Å². The van der Waals surface area contributed by atoms with Crippen LogP contribution in [0.4, 0.5) is 14.4 Å². The van der Waals surface area contributed by atoms with E-state index in [1.807, 2.05) is 41.5 Å². The summed E-state index contributed by atoms with van der Waals surface area (Å²) in [7, 11) is 0. The number of cyclic esters (lactones) is 4. The normalized spacial score (nSPS) is 32.9. The molecule has 9 heteroatoms. The topological polar surface area (TPSA) is 107 Å². The molecule has 2 saturated heterocycles. The fraction of sp³-hybridized carbons (Fsp3) is 0.842. The molecule has 4 unspecified atom stereocenters. The molecule has 2 aliphatic rings. The standard InChI is InChI=1S/C19H30O9/c1-11(2)13-18(5,9-25-16(21)27-13)7-23-15(20)24-8-19(6)10-26-17(22)28-14(19)12(3)4/h11-14H,7-10H2,1-6H3. The Balaban J connectivity index is 1.91. The lowest BCUT2D eigenvalue weighted by molar-refractivity contribution is -0.149. The molecule has 28 heavy (non-hydrogen) atoms. The lowest BCUT2D eigenvalue weighted by atomic mass is 9.79. The molecule has 0 aliphatic carbocycles. The number of hydrogen-bond donors (Lipinski definition) is 0. The number of hydrogen-bond acceptors (Lipinski definition) is 9. The summed E-state index contributed by atoms with van der Waals surface area (Å²) in [6.45, 7) is 11.4. The van der Waals surface area contributed by atoms with E-state index in [1.165, 1.54) is 0 Å². The zero-order valence-corrected chi connectivity index (χ0v) is 17.3. The first-order valence-corrected chi connectivity index (χ1v) is 9.43. The van der Waals surface area contributed by atoms with Crippen LogP contribution in [0.2, 0.25) is 0 Å². The monoisotopic (exact) mass is 402 g/mol. The van der Waals surface area contributed by atoms with Crippen molar-refractivity contribution >= 4 is 18.5 Å². The quantitative estimate of drug-likeness (QED) is 0.487. The molecular formula is C19H30O9. The highest BCUT2D eigenvalue weighted by Gasteiger charge is 2.47. The van der Waals surface area contributed by atoms with Crippen LogP contribution in [0.3, 0.4) is 0 Å². The lowest BCUT2D eigenvalue weighted by Crippen LogP contribution is -2.52. The van der Waals surface area contributed by atoms with Crippen molar-refractivity contribution in [1.82, 2.24) is 0 Å². The Morgan fingerprint density at radius 1 is 0.893 bits per heavy atom. The molecule has 0 amide bonds. The molecule has 0 aromatic heterocycles. The van der Waals surface area contributed by atoms with Crippen LogP contribution >= 0.6 is 0 Å². The molecule has 0 spiro atoms. The van der Waals surface area contributed by atoms with Crippen molar-refractivity contribution in [1.29, 1.82) is 0 Å². The summed E-state index contributed by atoms with van der Waals surface area (Å²) in [5, 5.41) is 0. The molecule has 160 valence electrons. The second-order valence-electron chi connectivity index (χ2n) is 8.78. The zero-order chi connectivity index (χ0) is 21.1. The van der Waals surface area contributed by atoms with Crippen molar-refractivity contribution in [2.24, 2.45) is 22.7 Å². The Labute approximate surface area is 164 Å². The number of rotatable bonds is 6. The van der Waals surface area contributed by atoms with Gasteiger partial charge in [-0.15, -0.1) is 0 Å². The summed E-state index contributed by atoms with van der Waals surface area (Å²) in [4.78, 5) is 35.0. The van der Waals surface area contributed by atoms with E-state index in [1.54, 1.807) is 0 Å². The van der Waals surface area contributed by atoms with Gasteiger partial charge in [-0.2, -0.15) is 0 Å². The minimum atomic E-state index is -0.860. The van der Waals surface area contributed by atoms with Crippen molar-refractivity contribution in [3.63, 3.8) is 0 Å². The van der Waals surface area contributed by atoms with Gasteiger partial charge in [-0.1, -0.05) is 27.7 Å². The van der Waals surface area contributed by atoms with Gasteiger partial charge in [-0.3, -0.25) is 0 Å². The van der Waals surface area contributed by atoms with Gasteiger partial charge in [0, 0.05) is 0 Å². The summed E-state index contributed by atoms with van der Waals surface area (Å²) in [6.07, 6.45) is -3.20. The summed E-state index contributed by atoms with van der Waals surface area (Å²) in [6, 6.07) is 0. The predicted molar refractivity (Wildman–Crippen MR) is 95.6 cm³/mol. The van der Waals surface area contributed by atoms with Crippen LogP contribution in [0.1, 0.15) is 41.5 Å². The highest BCUT2D eigenvalue weighted by atomic mass is 16.8. The maximum Gasteiger partial charge on any atom is 0.508 e. The fourth-order valence-corrected chi connectivity index (χ4v) is 3.79. The molecule has 2 fully saturated rings. The maximum atomic E-state index is 12.2. The molecule has 9 nitrogen and oxygen atoms in total. The van der Waals surface area contributed by atoms with Gasteiger partial charge in [-0.05, 0) is 25.7 Å². The number of carbonyl (C=O) groups excluding carboxylic acids is 3. The van der Waals surface area contributed by atoms with Crippen LogP contribution in [0.25, 0.3) is 0 Å². The Morgan fingerprint density at radius 2 is 1.25 bits per heavy atom. The Morgan fingerprint density at radius 3 is 1.57 bits per heavy atom. The molecule has 0 N–H and O–H groups in total. The number of ether oxygens (including phenoxy) is 6. The van der Waals surface area contributed by atoms with Gasteiger partial charge in [0.15, 0.2) is 0 Å². The highest BCUT2D eigenvalue weighted by Crippen LogP contribution is 2.36. The van der Waals surface area contributed by atoms with Crippen LogP contribution < -0.4 is 0 Å². The van der Waals surface area contributed by atoms with Crippen molar-refractivity contribution in [3.05, 3.63) is 0 Å². The third-order valence-electron chi connectivity index (χ3n) is 5.11.